The number of halogens is 1. The predicted molar refractivity (Wildman–Crippen MR) is 121 cm³/mol. The van der Waals surface area contributed by atoms with Crippen LogP contribution in [0.2, 0.25) is 5.02 Å². The van der Waals surface area contributed by atoms with Gasteiger partial charge in [0.25, 0.3) is 0 Å². The number of nitrogens with one attached hydrogen (secondary N) is 2. The number of nitrogens with zero attached hydrogens (tertiary/aromatic N) is 2. The first-order valence-corrected chi connectivity index (χ1v) is 12.0. The molecule has 0 aliphatic heterocycles. The van der Waals surface area contributed by atoms with E-state index >= 15 is 0 Å². The molecule has 1 fully saturated rings. The molecule has 32 heavy (non-hydrogen) atoms. The van der Waals surface area contributed by atoms with Gasteiger partial charge < -0.3 is 9.84 Å². The van der Waals surface area contributed by atoms with Crippen molar-refractivity contribution >= 4 is 33.2 Å². The summed E-state index contributed by atoms with van der Waals surface area (Å²) in [6, 6.07) is 8.98. The van der Waals surface area contributed by atoms with Crippen molar-refractivity contribution in [2.24, 2.45) is 0 Å². The molecule has 10 heteroatoms. The number of hydrogen-bond donors (Lipinski definition) is 2. The van der Waals surface area contributed by atoms with Crippen LogP contribution in [0, 0.1) is 13.8 Å². The molecule has 0 radical (unpaired) electrons. The Kier molecular flexibility index (Phi) is 6.07. The minimum absolute atomic E-state index is 0.0470. The molecule has 1 aliphatic rings. The van der Waals surface area contributed by atoms with Crippen LogP contribution in [0.4, 0.5) is 5.69 Å². The van der Waals surface area contributed by atoms with Crippen LogP contribution in [-0.2, 0) is 14.8 Å². The van der Waals surface area contributed by atoms with Gasteiger partial charge in [-0.15, -0.1) is 0 Å². The molecule has 3 aromatic rings. The summed E-state index contributed by atoms with van der Waals surface area (Å²) in [7, 11) is -3.99. The van der Waals surface area contributed by atoms with Crippen molar-refractivity contribution in [3.63, 3.8) is 0 Å². The number of aryl methyl sites for hydroxylation is 2. The van der Waals surface area contributed by atoms with E-state index in [-0.39, 0.29) is 4.90 Å². The molecule has 168 valence electrons. The SMILES string of the molecule is Cc1ccc(NC(=O)C(C)NS(=O)(=O)c2cc(-c3noc(C4CC4)n3)ccc2C)cc1Cl. The van der Waals surface area contributed by atoms with Gasteiger partial charge in [-0.05, 0) is 62.9 Å². The van der Waals surface area contributed by atoms with E-state index in [1.54, 1.807) is 37.3 Å². The molecule has 0 saturated heterocycles. The molecule has 2 N–H and O–H groups in total. The fourth-order valence-corrected chi connectivity index (χ4v) is 4.80. The molecule has 1 aromatic heterocycles. The molecule has 1 atom stereocenters. The number of carbonyl (C=O) groups excluding carboxylic acids is 1. The van der Waals surface area contributed by atoms with Gasteiger partial charge in [0.15, 0.2) is 0 Å². The van der Waals surface area contributed by atoms with E-state index in [2.05, 4.69) is 20.2 Å². The summed E-state index contributed by atoms with van der Waals surface area (Å²) in [6.45, 7) is 5.01. The third-order valence-electron chi connectivity index (χ3n) is 5.27. The van der Waals surface area contributed by atoms with Crippen LogP contribution in [0.25, 0.3) is 11.4 Å². The number of aromatic nitrogens is 2. The van der Waals surface area contributed by atoms with Gasteiger partial charge in [0, 0.05) is 22.2 Å². The first kappa shape index (κ1) is 22.4. The summed E-state index contributed by atoms with van der Waals surface area (Å²) < 4.78 is 33.8. The minimum Gasteiger partial charge on any atom is -0.339 e. The lowest BCUT2D eigenvalue weighted by Gasteiger charge is -2.16. The number of rotatable bonds is 7. The van der Waals surface area contributed by atoms with Crippen LogP contribution in [-0.4, -0.2) is 30.5 Å². The van der Waals surface area contributed by atoms with E-state index in [0.717, 1.165) is 18.4 Å². The first-order valence-electron chi connectivity index (χ1n) is 10.2. The summed E-state index contributed by atoms with van der Waals surface area (Å²) in [5.74, 6) is 0.707. The molecule has 0 bridgehead atoms. The van der Waals surface area contributed by atoms with Gasteiger partial charge in [0.1, 0.15) is 0 Å². The lowest BCUT2D eigenvalue weighted by atomic mass is 10.1. The highest BCUT2D eigenvalue weighted by molar-refractivity contribution is 7.89. The number of benzene rings is 2. The monoisotopic (exact) mass is 474 g/mol. The van der Waals surface area contributed by atoms with Gasteiger partial charge in [0.05, 0.1) is 10.9 Å². The van der Waals surface area contributed by atoms with E-state index in [9.17, 15) is 13.2 Å². The lowest BCUT2D eigenvalue weighted by Crippen LogP contribution is -2.41. The van der Waals surface area contributed by atoms with Gasteiger partial charge in [0.2, 0.25) is 27.6 Å². The van der Waals surface area contributed by atoms with Crippen LogP contribution in [0.1, 0.15) is 42.7 Å². The molecular formula is C22H23ClN4O4S. The van der Waals surface area contributed by atoms with E-state index in [1.165, 1.54) is 13.0 Å². The fourth-order valence-electron chi connectivity index (χ4n) is 3.15. The maximum Gasteiger partial charge on any atom is 0.242 e. The largest absolute Gasteiger partial charge is 0.339 e. The molecule has 1 aliphatic carbocycles. The topological polar surface area (TPSA) is 114 Å². The van der Waals surface area contributed by atoms with Crippen molar-refractivity contribution in [2.75, 3.05) is 5.32 Å². The summed E-state index contributed by atoms with van der Waals surface area (Å²) in [5, 5.41) is 7.15. The molecule has 8 nitrogen and oxygen atoms in total. The van der Waals surface area contributed by atoms with Crippen molar-refractivity contribution < 1.29 is 17.7 Å². The molecule has 2 aromatic carbocycles. The Labute approximate surface area is 191 Å². The number of amides is 1. The Morgan fingerprint density at radius 3 is 2.56 bits per heavy atom. The summed E-state index contributed by atoms with van der Waals surface area (Å²) in [4.78, 5) is 17.0. The van der Waals surface area contributed by atoms with E-state index in [4.69, 9.17) is 16.1 Å². The Bertz CT molecular complexity index is 1280. The molecule has 1 saturated carbocycles. The fraction of sp³-hybridized carbons (Fsp3) is 0.318. The highest BCUT2D eigenvalue weighted by atomic mass is 35.5. The average molecular weight is 475 g/mol. The zero-order valence-electron chi connectivity index (χ0n) is 17.8. The second kappa shape index (κ2) is 8.65. The standard InChI is InChI=1S/C22H23ClN4O4S/c1-12-5-9-17(11-18(12)23)24-21(28)14(3)27-32(29,30)19-10-16(6-4-13(19)2)20-25-22(31-26-20)15-7-8-15/h4-6,9-11,14-15,27H,7-8H2,1-3H3,(H,24,28). The Morgan fingerprint density at radius 2 is 1.88 bits per heavy atom. The van der Waals surface area contributed by atoms with Gasteiger partial charge in [-0.2, -0.15) is 9.71 Å². The summed E-state index contributed by atoms with van der Waals surface area (Å²) in [6.07, 6.45) is 2.04. The zero-order valence-corrected chi connectivity index (χ0v) is 19.4. The molecule has 4 rings (SSSR count). The predicted octanol–water partition coefficient (Wildman–Crippen LogP) is 4.19. The summed E-state index contributed by atoms with van der Waals surface area (Å²) in [5.41, 5.74) is 2.42. The van der Waals surface area contributed by atoms with Crippen molar-refractivity contribution in [1.29, 1.82) is 0 Å². The third kappa shape index (κ3) is 4.85. The van der Waals surface area contributed by atoms with E-state index in [0.29, 0.717) is 39.5 Å². The van der Waals surface area contributed by atoms with Crippen LogP contribution < -0.4 is 10.0 Å². The highest BCUT2D eigenvalue weighted by Crippen LogP contribution is 2.39. The van der Waals surface area contributed by atoms with Crippen LogP contribution in [0.5, 0.6) is 0 Å². The lowest BCUT2D eigenvalue weighted by molar-refractivity contribution is -0.117. The maximum absolute atomic E-state index is 13.0. The third-order valence-corrected chi connectivity index (χ3v) is 7.36. The number of sulfonamides is 1. The van der Waals surface area contributed by atoms with Crippen molar-refractivity contribution in [3.05, 3.63) is 58.4 Å². The van der Waals surface area contributed by atoms with Crippen LogP contribution in [0.3, 0.4) is 0 Å². The quantitative estimate of drug-likeness (QED) is 0.530. The van der Waals surface area contributed by atoms with Gasteiger partial charge in [-0.3, -0.25) is 4.79 Å². The highest BCUT2D eigenvalue weighted by Gasteiger charge is 2.30. The molecular weight excluding hydrogens is 452 g/mol. The van der Waals surface area contributed by atoms with Crippen molar-refractivity contribution in [1.82, 2.24) is 14.9 Å². The Balaban J connectivity index is 1.51. The van der Waals surface area contributed by atoms with Crippen molar-refractivity contribution in [3.8, 4) is 11.4 Å². The normalized spacial score (nSPS) is 14.9. The van der Waals surface area contributed by atoms with Crippen molar-refractivity contribution in [2.45, 2.75) is 50.5 Å². The Hall–Kier alpha value is -2.75. The Morgan fingerprint density at radius 1 is 1.16 bits per heavy atom. The summed E-state index contributed by atoms with van der Waals surface area (Å²) >= 11 is 6.09. The molecule has 1 amide bonds. The smallest absolute Gasteiger partial charge is 0.242 e. The first-order chi connectivity index (χ1) is 15.1. The second-order valence-electron chi connectivity index (χ2n) is 8.01. The van der Waals surface area contributed by atoms with Crippen LogP contribution in [0.15, 0.2) is 45.8 Å². The minimum atomic E-state index is -3.99. The van der Waals surface area contributed by atoms with Gasteiger partial charge in [-0.25, -0.2) is 8.42 Å². The van der Waals surface area contributed by atoms with Gasteiger partial charge >= 0.3 is 0 Å². The number of anilines is 1. The van der Waals surface area contributed by atoms with E-state index in [1.807, 2.05) is 6.92 Å². The molecule has 0 spiro atoms. The maximum atomic E-state index is 13.0. The zero-order chi connectivity index (χ0) is 23.0. The number of carbonyl (C=O) groups is 1. The van der Waals surface area contributed by atoms with E-state index < -0.39 is 22.0 Å². The molecule has 1 unspecified atom stereocenters. The second-order valence-corrected chi connectivity index (χ2v) is 10.1. The number of hydrogen-bond acceptors (Lipinski definition) is 6. The van der Waals surface area contributed by atoms with Gasteiger partial charge in [-0.1, -0.05) is 35.0 Å². The average Bonchev–Trinajstić information content (AvgIpc) is 3.47. The van der Waals surface area contributed by atoms with Crippen LogP contribution >= 0.6 is 11.6 Å². The molecule has 1 heterocycles.